The predicted octanol–water partition coefficient (Wildman–Crippen LogP) is 2.41. The van der Waals surface area contributed by atoms with Gasteiger partial charge in [0, 0.05) is 19.6 Å². The van der Waals surface area contributed by atoms with Crippen molar-refractivity contribution in [1.82, 2.24) is 4.90 Å². The molecular weight excluding hydrogens is 266 g/mol. The van der Waals surface area contributed by atoms with Crippen molar-refractivity contribution < 1.29 is 14.6 Å². The number of nitrogens with zero attached hydrogens (tertiary/aromatic N) is 1. The zero-order chi connectivity index (χ0) is 15.2. The predicted molar refractivity (Wildman–Crippen MR) is 83.9 cm³/mol. The van der Waals surface area contributed by atoms with Crippen molar-refractivity contribution >= 4 is 0 Å². The van der Waals surface area contributed by atoms with Crippen LogP contribution in [0.1, 0.15) is 20.3 Å². The third-order valence-corrected chi connectivity index (χ3v) is 3.92. The number of β-amino-alcohol motifs (C(OH)–C–C–N with tert-alkyl or cyclic N) is 1. The Morgan fingerprint density at radius 1 is 1.14 bits per heavy atom. The number of likely N-dealkylation sites (tertiary alicyclic amines) is 1. The number of hydrogen-bond donors (Lipinski definition) is 1. The minimum Gasteiger partial charge on any atom is -0.497 e. The fraction of sp³-hybridized carbons (Fsp3) is 0.647. The molecule has 1 aromatic carbocycles. The average molecular weight is 293 g/mol. The lowest BCUT2D eigenvalue weighted by molar-refractivity contribution is 0.0429. The molecule has 1 saturated heterocycles. The highest BCUT2D eigenvalue weighted by molar-refractivity contribution is 5.31. The molecule has 1 aliphatic rings. The van der Waals surface area contributed by atoms with Gasteiger partial charge in [-0.2, -0.15) is 0 Å². The van der Waals surface area contributed by atoms with Crippen LogP contribution in [0, 0.1) is 11.8 Å². The summed E-state index contributed by atoms with van der Waals surface area (Å²) < 4.78 is 10.7. The molecule has 1 aliphatic heterocycles. The molecule has 4 heteroatoms. The Labute approximate surface area is 127 Å². The van der Waals surface area contributed by atoms with Crippen molar-refractivity contribution in [3.8, 4) is 11.5 Å². The van der Waals surface area contributed by atoms with Gasteiger partial charge in [0.05, 0.1) is 7.11 Å². The lowest BCUT2D eigenvalue weighted by Gasteiger charge is -2.35. The highest BCUT2D eigenvalue weighted by Gasteiger charge is 2.23. The zero-order valence-electron chi connectivity index (χ0n) is 13.3. The minimum absolute atomic E-state index is 0.325. The van der Waals surface area contributed by atoms with Crippen LogP contribution in [0.3, 0.4) is 0 Å². The number of aliphatic hydroxyl groups is 1. The van der Waals surface area contributed by atoms with Gasteiger partial charge < -0.3 is 19.5 Å². The average Bonchev–Trinajstić information content (AvgIpc) is 2.44. The molecule has 21 heavy (non-hydrogen) atoms. The van der Waals surface area contributed by atoms with Crippen LogP contribution in [0.25, 0.3) is 0 Å². The van der Waals surface area contributed by atoms with E-state index in [1.165, 1.54) is 6.42 Å². The Bertz CT molecular complexity index is 411. The highest BCUT2D eigenvalue weighted by atomic mass is 16.5. The molecule has 0 bridgehead atoms. The topological polar surface area (TPSA) is 41.9 Å². The molecule has 4 nitrogen and oxygen atoms in total. The lowest BCUT2D eigenvalue weighted by Crippen LogP contribution is -2.43. The molecule has 0 amide bonds. The number of rotatable bonds is 6. The van der Waals surface area contributed by atoms with Crippen molar-refractivity contribution in [3.63, 3.8) is 0 Å². The van der Waals surface area contributed by atoms with E-state index >= 15 is 0 Å². The third-order valence-electron chi connectivity index (χ3n) is 3.92. The molecule has 118 valence electrons. The monoisotopic (exact) mass is 293 g/mol. The van der Waals surface area contributed by atoms with E-state index < -0.39 is 6.10 Å². The van der Waals surface area contributed by atoms with E-state index in [1.807, 2.05) is 24.3 Å². The number of hydrogen-bond acceptors (Lipinski definition) is 4. The van der Waals surface area contributed by atoms with Gasteiger partial charge in [0.15, 0.2) is 0 Å². The second kappa shape index (κ2) is 7.66. The fourth-order valence-corrected chi connectivity index (χ4v) is 3.16. The standard InChI is InChI=1S/C17H27NO3/c1-13-8-14(2)10-18(9-13)11-15(19)12-21-17-6-4-16(20-3)5-7-17/h4-7,13-15,19H,8-12H2,1-3H3/t13-,14+,15-/m0/s1. The van der Waals surface area contributed by atoms with Crippen LogP contribution in [0.5, 0.6) is 11.5 Å². The smallest absolute Gasteiger partial charge is 0.119 e. The molecule has 0 radical (unpaired) electrons. The molecule has 0 saturated carbocycles. The van der Waals surface area contributed by atoms with Crippen LogP contribution in [-0.4, -0.2) is 49.5 Å². The first kappa shape index (κ1) is 16.1. The summed E-state index contributed by atoms with van der Waals surface area (Å²) in [6, 6.07) is 7.43. The van der Waals surface area contributed by atoms with Gasteiger partial charge in [-0.1, -0.05) is 13.8 Å². The molecule has 1 heterocycles. The molecule has 1 fully saturated rings. The Kier molecular flexibility index (Phi) is 5.88. The number of piperidine rings is 1. The summed E-state index contributed by atoms with van der Waals surface area (Å²) in [5.74, 6) is 2.99. The number of methoxy groups -OCH3 is 1. The second-order valence-electron chi connectivity index (χ2n) is 6.30. The molecule has 2 rings (SSSR count). The van der Waals surface area contributed by atoms with E-state index in [0.717, 1.165) is 24.6 Å². The van der Waals surface area contributed by atoms with Gasteiger partial charge >= 0.3 is 0 Å². The number of ether oxygens (including phenoxy) is 2. The van der Waals surface area contributed by atoms with Crippen molar-refractivity contribution in [3.05, 3.63) is 24.3 Å². The summed E-state index contributed by atoms with van der Waals surface area (Å²) >= 11 is 0. The molecule has 3 atom stereocenters. The van der Waals surface area contributed by atoms with Crippen molar-refractivity contribution in [2.24, 2.45) is 11.8 Å². The first-order valence-electron chi connectivity index (χ1n) is 7.74. The van der Waals surface area contributed by atoms with E-state index in [0.29, 0.717) is 25.0 Å². The van der Waals surface area contributed by atoms with Crippen LogP contribution in [-0.2, 0) is 0 Å². The molecule has 0 aromatic heterocycles. The van der Waals surface area contributed by atoms with E-state index in [2.05, 4.69) is 18.7 Å². The summed E-state index contributed by atoms with van der Waals surface area (Å²) in [6.07, 6.45) is 0.833. The lowest BCUT2D eigenvalue weighted by atomic mass is 9.92. The Hall–Kier alpha value is -1.26. The summed E-state index contributed by atoms with van der Waals surface area (Å²) in [4.78, 5) is 2.35. The normalized spacial score (nSPS) is 24.6. The molecule has 0 aliphatic carbocycles. The van der Waals surface area contributed by atoms with Crippen LogP contribution in [0.15, 0.2) is 24.3 Å². The van der Waals surface area contributed by atoms with E-state index in [9.17, 15) is 5.11 Å². The Morgan fingerprint density at radius 3 is 2.29 bits per heavy atom. The Balaban J connectivity index is 1.74. The van der Waals surface area contributed by atoms with Gasteiger partial charge in [0.1, 0.15) is 24.2 Å². The van der Waals surface area contributed by atoms with E-state index in [1.54, 1.807) is 7.11 Å². The Morgan fingerprint density at radius 2 is 1.71 bits per heavy atom. The number of benzene rings is 1. The third kappa shape index (κ3) is 5.21. The highest BCUT2D eigenvalue weighted by Crippen LogP contribution is 2.21. The van der Waals surface area contributed by atoms with Crippen molar-refractivity contribution in [2.75, 3.05) is 33.4 Å². The fourth-order valence-electron chi connectivity index (χ4n) is 3.16. The van der Waals surface area contributed by atoms with Crippen molar-refractivity contribution in [2.45, 2.75) is 26.4 Å². The maximum atomic E-state index is 10.1. The second-order valence-corrected chi connectivity index (χ2v) is 6.30. The van der Waals surface area contributed by atoms with Gasteiger partial charge in [-0.05, 0) is 42.5 Å². The largest absolute Gasteiger partial charge is 0.497 e. The summed E-state index contributed by atoms with van der Waals surface area (Å²) in [5.41, 5.74) is 0. The SMILES string of the molecule is COc1ccc(OC[C@@H](O)CN2C[C@H](C)C[C@H](C)C2)cc1. The van der Waals surface area contributed by atoms with Crippen LogP contribution in [0.4, 0.5) is 0 Å². The molecule has 0 unspecified atom stereocenters. The maximum absolute atomic E-state index is 10.1. The first-order valence-corrected chi connectivity index (χ1v) is 7.74. The maximum Gasteiger partial charge on any atom is 0.119 e. The van der Waals surface area contributed by atoms with Crippen LogP contribution < -0.4 is 9.47 Å². The van der Waals surface area contributed by atoms with Gasteiger partial charge in [-0.3, -0.25) is 0 Å². The minimum atomic E-state index is -0.454. The summed E-state index contributed by atoms with van der Waals surface area (Å²) in [5, 5.41) is 10.1. The summed E-state index contributed by atoms with van der Waals surface area (Å²) in [6.45, 7) is 7.72. The molecule has 0 spiro atoms. The van der Waals surface area contributed by atoms with Gasteiger partial charge in [-0.15, -0.1) is 0 Å². The van der Waals surface area contributed by atoms with Crippen LogP contribution >= 0.6 is 0 Å². The van der Waals surface area contributed by atoms with Gasteiger partial charge in [0.25, 0.3) is 0 Å². The van der Waals surface area contributed by atoms with E-state index in [4.69, 9.17) is 9.47 Å². The summed E-state index contributed by atoms with van der Waals surface area (Å²) in [7, 11) is 1.64. The molecule has 1 aromatic rings. The number of aliphatic hydroxyl groups excluding tert-OH is 1. The van der Waals surface area contributed by atoms with Crippen LogP contribution in [0.2, 0.25) is 0 Å². The quantitative estimate of drug-likeness (QED) is 0.874. The molecule has 1 N–H and O–H groups in total. The zero-order valence-corrected chi connectivity index (χ0v) is 13.3. The molecular formula is C17H27NO3. The van der Waals surface area contributed by atoms with Crippen molar-refractivity contribution in [1.29, 1.82) is 0 Å². The first-order chi connectivity index (χ1) is 10.1. The van der Waals surface area contributed by atoms with E-state index in [-0.39, 0.29) is 0 Å². The van der Waals surface area contributed by atoms with Gasteiger partial charge in [-0.25, -0.2) is 0 Å². The van der Waals surface area contributed by atoms with Gasteiger partial charge in [0.2, 0.25) is 0 Å².